The summed E-state index contributed by atoms with van der Waals surface area (Å²) in [7, 11) is 0. The van der Waals surface area contributed by atoms with Gasteiger partial charge in [0.2, 0.25) is 0 Å². The molecule has 5 aromatic carbocycles. The van der Waals surface area contributed by atoms with Crippen LogP contribution in [0.5, 0.6) is 0 Å². The van der Waals surface area contributed by atoms with E-state index in [-0.39, 0.29) is 0 Å². The second kappa shape index (κ2) is 9.20. The molecule has 0 spiro atoms. The third-order valence-electron chi connectivity index (χ3n) is 7.25. The number of hydrogen-bond donors (Lipinski definition) is 0. The maximum atomic E-state index is 5.39. The number of rotatable bonds is 3. The van der Waals surface area contributed by atoms with Gasteiger partial charge in [-0.2, -0.15) is 0 Å². The van der Waals surface area contributed by atoms with E-state index >= 15 is 0 Å². The van der Waals surface area contributed by atoms with Crippen molar-refractivity contribution in [2.45, 2.75) is 23.6 Å². The quantitative estimate of drug-likeness (QED) is 0.237. The van der Waals surface area contributed by atoms with Gasteiger partial charge < -0.3 is 4.90 Å². The maximum absolute atomic E-state index is 5.39. The van der Waals surface area contributed by atoms with Gasteiger partial charge in [0.05, 0.1) is 28.3 Å². The Hall–Kier alpha value is -4.34. The first-order chi connectivity index (χ1) is 18.7. The van der Waals surface area contributed by atoms with E-state index in [0.29, 0.717) is 0 Å². The Kier molecular flexibility index (Phi) is 5.52. The van der Waals surface area contributed by atoms with Gasteiger partial charge in [-0.05, 0) is 66.9 Å². The average molecular weight is 507 g/mol. The predicted octanol–water partition coefficient (Wildman–Crippen LogP) is 10.1. The van der Waals surface area contributed by atoms with Crippen molar-refractivity contribution in [3.8, 4) is 22.4 Å². The highest BCUT2D eigenvalue weighted by Gasteiger charge is 2.27. The van der Waals surface area contributed by atoms with Crippen LogP contribution in [0.15, 0.2) is 131 Å². The first kappa shape index (κ1) is 22.8. The normalized spacial score (nSPS) is 12.3. The summed E-state index contributed by atoms with van der Waals surface area (Å²) in [5.74, 6) is 0. The van der Waals surface area contributed by atoms with Crippen LogP contribution >= 0.6 is 11.8 Å². The third kappa shape index (κ3) is 3.79. The van der Waals surface area contributed by atoms with Crippen LogP contribution in [-0.2, 0) is 0 Å². The molecule has 1 aliphatic rings. The van der Waals surface area contributed by atoms with Crippen LogP contribution in [0.1, 0.15) is 11.1 Å². The molecule has 0 aliphatic carbocycles. The van der Waals surface area contributed by atoms with Crippen LogP contribution in [-0.4, -0.2) is 4.98 Å². The number of pyridine rings is 1. The zero-order valence-electron chi connectivity index (χ0n) is 21.3. The fourth-order valence-electron chi connectivity index (χ4n) is 5.36. The first-order valence-electron chi connectivity index (χ1n) is 12.9. The van der Waals surface area contributed by atoms with E-state index in [1.807, 2.05) is 11.8 Å². The molecule has 0 radical (unpaired) electrons. The monoisotopic (exact) mass is 506 g/mol. The number of aromatic nitrogens is 1. The summed E-state index contributed by atoms with van der Waals surface area (Å²) in [6.45, 7) is 4.32. The van der Waals surface area contributed by atoms with Gasteiger partial charge in [-0.3, -0.25) is 0 Å². The third-order valence-corrected chi connectivity index (χ3v) is 8.38. The lowest BCUT2D eigenvalue weighted by atomic mass is 9.94. The highest BCUT2D eigenvalue weighted by atomic mass is 32.2. The highest BCUT2D eigenvalue weighted by Crippen LogP contribution is 2.52. The molecule has 1 aromatic heterocycles. The minimum absolute atomic E-state index is 0.983. The lowest BCUT2D eigenvalue weighted by Gasteiger charge is -2.33. The van der Waals surface area contributed by atoms with Crippen LogP contribution < -0.4 is 4.90 Å². The summed E-state index contributed by atoms with van der Waals surface area (Å²) in [5.41, 5.74) is 11.5. The average Bonchev–Trinajstić information content (AvgIpc) is 2.97. The summed E-state index contributed by atoms with van der Waals surface area (Å²) in [4.78, 5) is 10.3. The molecule has 2 heterocycles. The second-order valence-electron chi connectivity index (χ2n) is 9.79. The molecule has 0 bridgehead atoms. The highest BCUT2D eigenvalue weighted by molar-refractivity contribution is 7.99. The molecule has 0 atom stereocenters. The van der Waals surface area contributed by atoms with Crippen molar-refractivity contribution < 1.29 is 0 Å². The molecule has 6 aromatic rings. The molecule has 7 rings (SSSR count). The van der Waals surface area contributed by atoms with Gasteiger partial charge in [0.15, 0.2) is 0 Å². The summed E-state index contributed by atoms with van der Waals surface area (Å²) >= 11 is 1.83. The molecule has 3 heteroatoms. The summed E-state index contributed by atoms with van der Waals surface area (Å²) in [6, 6.07) is 43.4. The molecule has 0 unspecified atom stereocenters. The number of para-hydroxylation sites is 2. The summed E-state index contributed by atoms with van der Waals surface area (Å²) in [6.07, 6.45) is 0. The first-order valence-corrected chi connectivity index (χ1v) is 13.7. The largest absolute Gasteiger partial charge is 0.306 e. The van der Waals surface area contributed by atoms with E-state index in [1.54, 1.807) is 0 Å². The standard InChI is InChI=1S/C35H26N2S/c1-23-16-19-26(20-17-23)28-22-27(25-10-4-3-5-11-25)34-24(2)18-21-31(35(34)36-28)37-29-12-6-8-14-32(29)38-33-15-9-7-13-30(33)37/h3-22H,1-2H3. The predicted molar refractivity (Wildman–Crippen MR) is 161 cm³/mol. The molecule has 182 valence electrons. The molecular formula is C35H26N2S. The van der Waals surface area contributed by atoms with Crippen molar-refractivity contribution in [2.75, 3.05) is 4.90 Å². The van der Waals surface area contributed by atoms with Crippen LogP contribution in [0.3, 0.4) is 0 Å². The minimum atomic E-state index is 0.983. The lowest BCUT2D eigenvalue weighted by Crippen LogP contribution is -2.15. The summed E-state index contributed by atoms with van der Waals surface area (Å²) < 4.78 is 0. The van der Waals surface area contributed by atoms with Crippen molar-refractivity contribution >= 4 is 39.7 Å². The fourth-order valence-corrected chi connectivity index (χ4v) is 6.42. The molecule has 1 aliphatic heterocycles. The number of fused-ring (bicyclic) bond motifs is 3. The topological polar surface area (TPSA) is 16.1 Å². The fraction of sp³-hybridized carbons (Fsp3) is 0.0571. The Morgan fingerprint density at radius 2 is 1.21 bits per heavy atom. The molecular weight excluding hydrogens is 480 g/mol. The van der Waals surface area contributed by atoms with Crippen LogP contribution in [0.4, 0.5) is 17.1 Å². The Morgan fingerprint density at radius 3 is 1.89 bits per heavy atom. The van der Waals surface area contributed by atoms with Crippen molar-refractivity contribution in [3.63, 3.8) is 0 Å². The Bertz CT molecular complexity index is 1760. The van der Waals surface area contributed by atoms with Crippen LogP contribution in [0.25, 0.3) is 33.3 Å². The van der Waals surface area contributed by atoms with Gasteiger partial charge >= 0.3 is 0 Å². The van der Waals surface area contributed by atoms with E-state index < -0.39 is 0 Å². The number of benzene rings is 5. The van der Waals surface area contributed by atoms with E-state index in [9.17, 15) is 0 Å². The van der Waals surface area contributed by atoms with Gasteiger partial charge in [-0.15, -0.1) is 0 Å². The Morgan fingerprint density at radius 1 is 0.579 bits per heavy atom. The van der Waals surface area contributed by atoms with Gasteiger partial charge in [0, 0.05) is 20.7 Å². The van der Waals surface area contributed by atoms with Crippen molar-refractivity contribution in [1.82, 2.24) is 4.98 Å². The van der Waals surface area contributed by atoms with Crippen molar-refractivity contribution in [1.29, 1.82) is 0 Å². The number of aryl methyl sites for hydroxylation is 2. The van der Waals surface area contributed by atoms with E-state index in [1.165, 1.54) is 48.8 Å². The second-order valence-corrected chi connectivity index (χ2v) is 10.9. The number of hydrogen-bond acceptors (Lipinski definition) is 3. The minimum Gasteiger partial charge on any atom is -0.306 e. The number of anilines is 3. The van der Waals surface area contributed by atoms with Crippen LogP contribution in [0.2, 0.25) is 0 Å². The van der Waals surface area contributed by atoms with Gasteiger partial charge in [0.1, 0.15) is 0 Å². The zero-order valence-corrected chi connectivity index (χ0v) is 22.2. The summed E-state index contributed by atoms with van der Waals surface area (Å²) in [5, 5.41) is 1.19. The zero-order chi connectivity index (χ0) is 25.6. The molecule has 0 fully saturated rings. The molecule has 0 amide bonds. The Labute approximate surface area is 227 Å². The Balaban J connectivity index is 1.58. The van der Waals surface area contributed by atoms with E-state index in [2.05, 4.69) is 140 Å². The molecule has 0 saturated heterocycles. The molecule has 2 nitrogen and oxygen atoms in total. The molecule has 0 N–H and O–H groups in total. The smallest absolute Gasteiger partial charge is 0.0958 e. The van der Waals surface area contributed by atoms with Gasteiger partial charge in [-0.25, -0.2) is 4.98 Å². The van der Waals surface area contributed by atoms with Gasteiger partial charge in [-0.1, -0.05) is 102 Å². The van der Waals surface area contributed by atoms with E-state index in [0.717, 1.165) is 22.5 Å². The van der Waals surface area contributed by atoms with Gasteiger partial charge in [0.25, 0.3) is 0 Å². The SMILES string of the molecule is Cc1ccc(-c2cc(-c3ccccc3)c3c(C)ccc(N4c5ccccc5Sc5ccccc54)c3n2)cc1. The lowest BCUT2D eigenvalue weighted by molar-refractivity contribution is 1.17. The van der Waals surface area contributed by atoms with E-state index in [4.69, 9.17) is 4.98 Å². The molecule has 0 saturated carbocycles. The maximum Gasteiger partial charge on any atom is 0.0958 e. The molecule has 38 heavy (non-hydrogen) atoms. The number of nitrogens with zero attached hydrogens (tertiary/aromatic N) is 2. The van der Waals surface area contributed by atoms with Crippen LogP contribution in [0, 0.1) is 13.8 Å². The van der Waals surface area contributed by atoms with Crippen molar-refractivity contribution in [3.05, 3.63) is 132 Å². The van der Waals surface area contributed by atoms with Crippen molar-refractivity contribution in [2.24, 2.45) is 0 Å².